The van der Waals surface area contributed by atoms with Crippen molar-refractivity contribution in [2.45, 2.75) is 19.4 Å². The maximum Gasteiger partial charge on any atom is 0.292 e. The predicted molar refractivity (Wildman–Crippen MR) is 111 cm³/mol. The summed E-state index contributed by atoms with van der Waals surface area (Å²) in [7, 11) is 1.59. The van der Waals surface area contributed by atoms with Crippen molar-refractivity contribution >= 4 is 40.0 Å². The van der Waals surface area contributed by atoms with Crippen LogP contribution in [0.5, 0.6) is 5.88 Å². The monoisotopic (exact) mass is 434 g/mol. The van der Waals surface area contributed by atoms with Gasteiger partial charge >= 0.3 is 0 Å². The molecule has 0 radical (unpaired) electrons. The number of carbonyl (C=O) groups excluding carboxylic acids is 1. The average molecular weight is 435 g/mol. The quantitative estimate of drug-likeness (QED) is 0.612. The fourth-order valence-corrected chi connectivity index (χ4v) is 4.06. The molecule has 4 rings (SSSR count). The van der Waals surface area contributed by atoms with Crippen LogP contribution < -0.4 is 4.74 Å². The Kier molecular flexibility index (Phi) is 5.63. The van der Waals surface area contributed by atoms with Crippen LogP contribution in [0, 0.1) is 0 Å². The number of aromatic amines is 1. The third-order valence-corrected chi connectivity index (χ3v) is 5.90. The van der Waals surface area contributed by atoms with Crippen LogP contribution >= 0.6 is 23.2 Å². The molecule has 0 aliphatic carbocycles. The number of hydrogen-bond acceptors (Lipinski definition) is 5. The van der Waals surface area contributed by atoms with Crippen molar-refractivity contribution in [2.24, 2.45) is 0 Å². The number of fused-ring (bicyclic) bond motifs is 3. The van der Waals surface area contributed by atoms with E-state index in [0.29, 0.717) is 42.1 Å². The van der Waals surface area contributed by atoms with Crippen molar-refractivity contribution in [1.82, 2.24) is 19.9 Å². The summed E-state index contributed by atoms with van der Waals surface area (Å²) in [6.07, 6.45) is 2.20. The van der Waals surface area contributed by atoms with Crippen LogP contribution in [-0.2, 0) is 11.2 Å². The van der Waals surface area contributed by atoms with Crippen LogP contribution in [0.1, 0.15) is 34.8 Å². The van der Waals surface area contributed by atoms with E-state index in [1.807, 2.05) is 13.0 Å². The summed E-state index contributed by atoms with van der Waals surface area (Å²) in [6, 6.07) is 5.16. The van der Waals surface area contributed by atoms with Crippen LogP contribution in [0.15, 0.2) is 24.4 Å². The molecule has 1 atom stereocenters. The topological polar surface area (TPSA) is 80.3 Å². The fraction of sp³-hybridized carbons (Fsp3) is 0.350. The lowest BCUT2D eigenvalue weighted by molar-refractivity contribution is 0.0663. The van der Waals surface area contributed by atoms with Gasteiger partial charge < -0.3 is 19.4 Å². The van der Waals surface area contributed by atoms with Crippen molar-refractivity contribution in [2.75, 3.05) is 26.9 Å². The molecule has 9 heteroatoms. The molecule has 0 bridgehead atoms. The van der Waals surface area contributed by atoms with E-state index >= 15 is 0 Å². The highest BCUT2D eigenvalue weighted by Gasteiger charge is 2.33. The number of halogens is 2. The van der Waals surface area contributed by atoms with E-state index in [2.05, 4.69) is 15.0 Å². The van der Waals surface area contributed by atoms with Gasteiger partial charge in [-0.2, -0.15) is 4.98 Å². The molecule has 1 unspecified atom stereocenters. The van der Waals surface area contributed by atoms with Gasteiger partial charge in [-0.05, 0) is 13.0 Å². The lowest BCUT2D eigenvalue weighted by atomic mass is 9.97. The number of ether oxygens (including phenoxy) is 2. The summed E-state index contributed by atoms with van der Waals surface area (Å²) < 4.78 is 10.5. The van der Waals surface area contributed by atoms with E-state index in [-0.39, 0.29) is 17.8 Å². The Labute approximate surface area is 177 Å². The van der Waals surface area contributed by atoms with E-state index in [4.69, 9.17) is 32.7 Å². The van der Waals surface area contributed by atoms with Crippen molar-refractivity contribution in [3.05, 3.63) is 51.5 Å². The number of nitrogens with one attached hydrogen (secondary N) is 1. The standard InChI is InChI=1S/C20H20Cl2N4O3/c1-11-16-12-3-4-13(21)17(22)18(12)24-14(16)6-8-26(11)20(27)19-23-7-5-15(25-19)29-10-9-28-2/h3-5,7,11,24H,6,8-10H2,1-2H3. The number of hydrogen-bond donors (Lipinski definition) is 1. The van der Waals surface area contributed by atoms with Crippen molar-refractivity contribution in [3.8, 4) is 5.88 Å². The Morgan fingerprint density at radius 1 is 1.31 bits per heavy atom. The smallest absolute Gasteiger partial charge is 0.292 e. The molecule has 1 aliphatic rings. The zero-order valence-corrected chi connectivity index (χ0v) is 17.5. The molecule has 0 saturated carbocycles. The molecule has 1 aliphatic heterocycles. The van der Waals surface area contributed by atoms with Crippen LogP contribution in [0.4, 0.5) is 0 Å². The van der Waals surface area contributed by atoms with E-state index in [0.717, 1.165) is 22.2 Å². The Balaban J connectivity index is 1.62. The fourth-order valence-electron chi connectivity index (χ4n) is 3.70. The Morgan fingerprint density at radius 2 is 2.14 bits per heavy atom. The number of nitrogens with zero attached hydrogens (tertiary/aromatic N) is 3. The number of carbonyl (C=O) groups is 1. The Morgan fingerprint density at radius 3 is 2.93 bits per heavy atom. The van der Waals surface area contributed by atoms with Gasteiger partial charge in [-0.15, -0.1) is 0 Å². The first-order valence-electron chi connectivity index (χ1n) is 9.25. The molecule has 7 nitrogen and oxygen atoms in total. The summed E-state index contributed by atoms with van der Waals surface area (Å²) in [6.45, 7) is 3.32. The number of rotatable bonds is 5. The van der Waals surface area contributed by atoms with Gasteiger partial charge in [0.15, 0.2) is 0 Å². The Bertz CT molecular complexity index is 1070. The average Bonchev–Trinajstić information content (AvgIpc) is 3.11. The third kappa shape index (κ3) is 3.66. The number of aromatic nitrogens is 3. The zero-order valence-electron chi connectivity index (χ0n) is 16.0. The third-order valence-electron chi connectivity index (χ3n) is 5.09. The first-order valence-corrected chi connectivity index (χ1v) is 10.0. The first kappa shape index (κ1) is 19.9. The largest absolute Gasteiger partial charge is 0.475 e. The van der Waals surface area contributed by atoms with Gasteiger partial charge in [-0.3, -0.25) is 4.79 Å². The lowest BCUT2D eigenvalue weighted by Crippen LogP contribution is -2.39. The summed E-state index contributed by atoms with van der Waals surface area (Å²) in [5, 5.41) is 1.96. The van der Waals surface area contributed by atoms with Gasteiger partial charge in [0.1, 0.15) is 6.61 Å². The SMILES string of the molecule is COCCOc1ccnc(C(=O)N2CCc3[nH]c4c(Cl)c(Cl)ccc4c3C2C)n1. The van der Waals surface area contributed by atoms with Gasteiger partial charge in [0.25, 0.3) is 5.91 Å². The molecule has 0 fully saturated rings. The molecule has 3 heterocycles. The minimum absolute atomic E-state index is 0.108. The van der Waals surface area contributed by atoms with Crippen LogP contribution in [-0.4, -0.2) is 52.6 Å². The van der Waals surface area contributed by atoms with Crippen LogP contribution in [0.3, 0.4) is 0 Å². The second-order valence-corrected chi connectivity index (χ2v) is 7.57. The molecule has 152 valence electrons. The van der Waals surface area contributed by atoms with Crippen molar-refractivity contribution < 1.29 is 14.3 Å². The zero-order chi connectivity index (χ0) is 20.5. The Hall–Kier alpha value is -2.35. The number of methoxy groups -OCH3 is 1. The van der Waals surface area contributed by atoms with Crippen molar-refractivity contribution in [3.63, 3.8) is 0 Å². The van der Waals surface area contributed by atoms with Crippen LogP contribution in [0.2, 0.25) is 10.0 Å². The van der Waals surface area contributed by atoms with Gasteiger partial charge in [0, 0.05) is 49.0 Å². The van der Waals surface area contributed by atoms with Gasteiger partial charge in [-0.1, -0.05) is 29.3 Å². The molecular weight excluding hydrogens is 415 g/mol. The maximum absolute atomic E-state index is 13.1. The van der Waals surface area contributed by atoms with Crippen molar-refractivity contribution in [1.29, 1.82) is 0 Å². The highest BCUT2D eigenvalue weighted by Crippen LogP contribution is 2.40. The van der Waals surface area contributed by atoms with E-state index in [9.17, 15) is 4.79 Å². The molecule has 1 amide bonds. The van der Waals surface area contributed by atoms with Crippen LogP contribution in [0.25, 0.3) is 10.9 Å². The normalized spacial score (nSPS) is 16.1. The minimum Gasteiger partial charge on any atom is -0.475 e. The maximum atomic E-state index is 13.1. The second-order valence-electron chi connectivity index (χ2n) is 6.79. The molecular formula is C20H20Cl2N4O3. The number of amides is 1. The first-order chi connectivity index (χ1) is 14.0. The minimum atomic E-state index is -0.241. The van der Waals surface area contributed by atoms with Gasteiger partial charge in [0.2, 0.25) is 11.7 Å². The molecule has 1 aromatic carbocycles. The van der Waals surface area contributed by atoms with Gasteiger partial charge in [0.05, 0.1) is 28.2 Å². The summed E-state index contributed by atoms with van der Waals surface area (Å²) >= 11 is 12.5. The summed E-state index contributed by atoms with van der Waals surface area (Å²) in [5.74, 6) is 0.213. The highest BCUT2D eigenvalue weighted by molar-refractivity contribution is 6.45. The highest BCUT2D eigenvalue weighted by atomic mass is 35.5. The molecule has 0 spiro atoms. The molecule has 29 heavy (non-hydrogen) atoms. The molecule has 3 aromatic rings. The molecule has 2 aromatic heterocycles. The predicted octanol–water partition coefficient (Wildman–Crippen LogP) is 4.05. The number of H-pyrrole nitrogens is 1. The van der Waals surface area contributed by atoms with E-state index in [1.54, 1.807) is 24.1 Å². The van der Waals surface area contributed by atoms with Gasteiger partial charge in [-0.25, -0.2) is 4.98 Å². The number of benzene rings is 1. The lowest BCUT2D eigenvalue weighted by Gasteiger charge is -2.33. The summed E-state index contributed by atoms with van der Waals surface area (Å²) in [4.78, 5) is 26.7. The second kappa shape index (κ2) is 8.18. The molecule has 1 N–H and O–H groups in total. The van der Waals surface area contributed by atoms with E-state index < -0.39 is 0 Å². The summed E-state index contributed by atoms with van der Waals surface area (Å²) in [5.41, 5.74) is 2.92. The molecule has 0 saturated heterocycles. The van der Waals surface area contributed by atoms with E-state index in [1.165, 1.54) is 6.20 Å².